The highest BCUT2D eigenvalue weighted by molar-refractivity contribution is 6.07. The van der Waals surface area contributed by atoms with Gasteiger partial charge in [0.1, 0.15) is 12.4 Å². The number of nitrogens with one attached hydrogen (secondary N) is 1. The molecule has 1 saturated heterocycles. The summed E-state index contributed by atoms with van der Waals surface area (Å²) in [6, 6.07) is 9.52. The molecule has 1 N–H and O–H groups in total. The van der Waals surface area contributed by atoms with Crippen molar-refractivity contribution in [3.8, 4) is 5.75 Å². The van der Waals surface area contributed by atoms with Gasteiger partial charge in [-0.15, -0.1) is 0 Å². The summed E-state index contributed by atoms with van der Waals surface area (Å²) < 4.78 is 13.6. The minimum absolute atomic E-state index is 0.105. The number of nitrogens with zero attached hydrogens (tertiary/aromatic N) is 3. The van der Waals surface area contributed by atoms with E-state index in [-0.39, 0.29) is 18.1 Å². The molecule has 1 fully saturated rings. The number of aromatic nitrogens is 3. The monoisotopic (exact) mass is 408 g/mol. The van der Waals surface area contributed by atoms with E-state index in [1.54, 1.807) is 6.20 Å². The average Bonchev–Trinajstić information content (AvgIpc) is 3.16. The number of amides is 1. The van der Waals surface area contributed by atoms with Gasteiger partial charge >= 0.3 is 0 Å². The van der Waals surface area contributed by atoms with Crippen LogP contribution in [0, 0.1) is 6.92 Å². The molecule has 0 saturated carbocycles. The number of rotatable bonds is 6. The van der Waals surface area contributed by atoms with Crippen LogP contribution in [0.5, 0.6) is 5.75 Å². The van der Waals surface area contributed by atoms with Crippen LogP contribution in [0.4, 0.5) is 5.69 Å². The fraction of sp³-hybridized carbons (Fsp3) is 0.435. The molecule has 3 heterocycles. The number of anilines is 1. The number of benzene rings is 1. The van der Waals surface area contributed by atoms with Gasteiger partial charge in [-0.2, -0.15) is 5.10 Å². The topological polar surface area (TPSA) is 78.3 Å². The fourth-order valence-electron chi connectivity index (χ4n) is 3.68. The van der Waals surface area contributed by atoms with Crippen LogP contribution in [0.2, 0.25) is 0 Å². The molecule has 3 aromatic rings. The van der Waals surface area contributed by atoms with Crippen molar-refractivity contribution in [2.45, 2.75) is 52.2 Å². The first-order valence-electron chi connectivity index (χ1n) is 10.5. The van der Waals surface area contributed by atoms with Crippen LogP contribution >= 0.6 is 0 Å². The quantitative estimate of drug-likeness (QED) is 0.649. The van der Waals surface area contributed by atoms with Crippen molar-refractivity contribution < 1.29 is 14.3 Å². The van der Waals surface area contributed by atoms with Crippen molar-refractivity contribution in [3.05, 3.63) is 47.8 Å². The maximum absolute atomic E-state index is 13.0. The molecular weight excluding hydrogens is 380 g/mol. The zero-order valence-corrected chi connectivity index (χ0v) is 17.7. The predicted molar refractivity (Wildman–Crippen MR) is 116 cm³/mol. The van der Waals surface area contributed by atoms with Crippen LogP contribution in [0.3, 0.4) is 0 Å². The fourth-order valence-corrected chi connectivity index (χ4v) is 3.68. The summed E-state index contributed by atoms with van der Waals surface area (Å²) in [5.74, 6) is 0.420. The molecule has 7 nitrogen and oxygen atoms in total. The van der Waals surface area contributed by atoms with Gasteiger partial charge in [0.2, 0.25) is 0 Å². The van der Waals surface area contributed by atoms with Gasteiger partial charge in [-0.25, -0.2) is 9.67 Å². The van der Waals surface area contributed by atoms with Crippen LogP contribution in [0.15, 0.2) is 36.5 Å². The molecule has 1 aromatic carbocycles. The smallest absolute Gasteiger partial charge is 0.257 e. The largest absolute Gasteiger partial charge is 0.489 e. The van der Waals surface area contributed by atoms with E-state index in [2.05, 4.69) is 29.2 Å². The molecule has 2 aromatic heterocycles. The van der Waals surface area contributed by atoms with Crippen molar-refractivity contribution in [1.29, 1.82) is 0 Å². The molecule has 1 amide bonds. The summed E-state index contributed by atoms with van der Waals surface area (Å²) in [6.07, 6.45) is 5.13. The molecule has 158 valence electrons. The third-order valence-corrected chi connectivity index (χ3v) is 5.33. The molecule has 7 heteroatoms. The molecule has 4 rings (SSSR count). The van der Waals surface area contributed by atoms with E-state index in [1.807, 2.05) is 41.9 Å². The summed E-state index contributed by atoms with van der Waals surface area (Å²) in [7, 11) is 0. The molecule has 0 bridgehead atoms. The Kier molecular flexibility index (Phi) is 5.99. The summed E-state index contributed by atoms with van der Waals surface area (Å²) in [6.45, 7) is 7.22. The third kappa shape index (κ3) is 4.31. The maximum atomic E-state index is 13.0. The van der Waals surface area contributed by atoms with Crippen molar-refractivity contribution in [2.24, 2.45) is 0 Å². The number of ether oxygens (including phenoxy) is 2. The minimum atomic E-state index is -0.218. The van der Waals surface area contributed by atoms with Crippen molar-refractivity contribution in [1.82, 2.24) is 14.8 Å². The van der Waals surface area contributed by atoms with Gasteiger partial charge < -0.3 is 14.8 Å². The van der Waals surface area contributed by atoms with Gasteiger partial charge in [0.25, 0.3) is 5.91 Å². The lowest BCUT2D eigenvalue weighted by Gasteiger charge is -2.23. The van der Waals surface area contributed by atoms with Gasteiger partial charge in [0, 0.05) is 18.0 Å². The van der Waals surface area contributed by atoms with Crippen molar-refractivity contribution >= 4 is 22.6 Å². The average molecular weight is 409 g/mol. The Hall–Kier alpha value is -2.93. The summed E-state index contributed by atoms with van der Waals surface area (Å²) in [5, 5.41) is 8.22. The Morgan fingerprint density at radius 3 is 2.93 bits per heavy atom. The summed E-state index contributed by atoms with van der Waals surface area (Å²) in [5.41, 5.74) is 2.61. The molecule has 1 atom stereocenters. The molecule has 30 heavy (non-hydrogen) atoms. The number of carbonyl (C=O) groups is 1. The van der Waals surface area contributed by atoms with E-state index in [1.165, 1.54) is 0 Å². The molecular formula is C23H28N4O3. The van der Waals surface area contributed by atoms with E-state index in [4.69, 9.17) is 9.47 Å². The maximum Gasteiger partial charge on any atom is 0.257 e. The van der Waals surface area contributed by atoms with Crippen LogP contribution in [0.25, 0.3) is 11.0 Å². The Balaban J connectivity index is 1.52. The van der Waals surface area contributed by atoms with E-state index >= 15 is 0 Å². The molecule has 0 radical (unpaired) electrons. The SMILES string of the molecule is Cc1nc2c(cnn2C(C)C)cc1C(=O)Nc1ccccc1OCC1CCCCO1. The first kappa shape index (κ1) is 20.3. The lowest BCUT2D eigenvalue weighted by atomic mass is 10.1. The number of carbonyl (C=O) groups excluding carboxylic acids is 1. The molecule has 1 unspecified atom stereocenters. The number of para-hydroxylation sites is 2. The van der Waals surface area contributed by atoms with Crippen molar-refractivity contribution in [3.63, 3.8) is 0 Å². The zero-order valence-electron chi connectivity index (χ0n) is 17.7. The predicted octanol–water partition coefficient (Wildman–Crippen LogP) is 4.52. The van der Waals surface area contributed by atoms with E-state index in [0.29, 0.717) is 29.3 Å². The van der Waals surface area contributed by atoms with Crippen LogP contribution < -0.4 is 10.1 Å². The van der Waals surface area contributed by atoms with Gasteiger partial charge in [-0.1, -0.05) is 12.1 Å². The van der Waals surface area contributed by atoms with E-state index in [9.17, 15) is 4.79 Å². The summed E-state index contributed by atoms with van der Waals surface area (Å²) >= 11 is 0. The summed E-state index contributed by atoms with van der Waals surface area (Å²) in [4.78, 5) is 17.7. The Labute approximate surface area is 176 Å². The van der Waals surface area contributed by atoms with Crippen LogP contribution in [-0.4, -0.2) is 40.0 Å². The third-order valence-electron chi connectivity index (χ3n) is 5.33. The number of pyridine rings is 1. The van der Waals surface area contributed by atoms with Crippen molar-refractivity contribution in [2.75, 3.05) is 18.5 Å². The van der Waals surface area contributed by atoms with Gasteiger partial charge in [0.05, 0.1) is 29.2 Å². The van der Waals surface area contributed by atoms with Gasteiger partial charge in [0.15, 0.2) is 5.65 Å². The lowest BCUT2D eigenvalue weighted by Crippen LogP contribution is -2.26. The van der Waals surface area contributed by atoms with Gasteiger partial charge in [-0.3, -0.25) is 4.79 Å². The van der Waals surface area contributed by atoms with Gasteiger partial charge in [-0.05, 0) is 58.2 Å². The second-order valence-electron chi connectivity index (χ2n) is 7.97. The lowest BCUT2D eigenvalue weighted by molar-refractivity contribution is -0.0109. The first-order chi connectivity index (χ1) is 14.5. The first-order valence-corrected chi connectivity index (χ1v) is 10.5. The number of hydrogen-bond donors (Lipinski definition) is 1. The number of fused-ring (bicyclic) bond motifs is 1. The molecule has 0 spiro atoms. The number of aryl methyl sites for hydroxylation is 1. The Bertz CT molecular complexity index is 1040. The van der Waals surface area contributed by atoms with E-state index < -0.39 is 0 Å². The highest BCUT2D eigenvalue weighted by atomic mass is 16.5. The standard InChI is InChI=1S/C23H28N4O3/c1-15(2)27-22-17(13-24-27)12-19(16(3)25-22)23(28)26-20-9-4-5-10-21(20)30-14-18-8-6-7-11-29-18/h4-5,9-10,12-13,15,18H,6-8,11,14H2,1-3H3,(H,26,28). The molecule has 1 aliphatic heterocycles. The minimum Gasteiger partial charge on any atom is -0.489 e. The van der Waals surface area contributed by atoms with E-state index in [0.717, 1.165) is 36.9 Å². The van der Waals surface area contributed by atoms with Crippen LogP contribution in [0.1, 0.15) is 55.2 Å². The molecule has 0 aliphatic carbocycles. The molecule has 1 aliphatic rings. The van der Waals surface area contributed by atoms with Crippen LogP contribution in [-0.2, 0) is 4.74 Å². The zero-order chi connectivity index (χ0) is 21.1. The highest BCUT2D eigenvalue weighted by Gasteiger charge is 2.18. The second-order valence-corrected chi connectivity index (χ2v) is 7.97. The highest BCUT2D eigenvalue weighted by Crippen LogP contribution is 2.27. The number of hydrogen-bond acceptors (Lipinski definition) is 5. The Morgan fingerprint density at radius 1 is 1.33 bits per heavy atom. The Morgan fingerprint density at radius 2 is 2.17 bits per heavy atom. The second kappa shape index (κ2) is 8.83. The normalized spacial score (nSPS) is 16.7.